The number of hydrogen-bond acceptors (Lipinski definition) is 4. The van der Waals surface area contributed by atoms with Gasteiger partial charge in [-0.05, 0) is 106 Å². The van der Waals surface area contributed by atoms with Gasteiger partial charge in [0.15, 0.2) is 12.5 Å². The number of ether oxygens (including phenoxy) is 4. The number of benzene rings is 2. The molecule has 0 aliphatic carbocycles. The molecule has 8 heteroatoms. The van der Waals surface area contributed by atoms with Crippen LogP contribution < -0.4 is 9.47 Å². The molecule has 4 nitrogen and oxygen atoms in total. The van der Waals surface area contributed by atoms with E-state index in [2.05, 4.69) is 102 Å². The van der Waals surface area contributed by atoms with Crippen LogP contribution in [-0.2, 0) is 14.9 Å². The summed E-state index contributed by atoms with van der Waals surface area (Å²) in [5.41, 5.74) is 2.03. The van der Waals surface area contributed by atoms with Gasteiger partial charge in [-0.25, -0.2) is 0 Å². The van der Waals surface area contributed by atoms with Gasteiger partial charge in [0.2, 0.25) is 0 Å². The highest BCUT2D eigenvalue weighted by Gasteiger charge is 2.28. The first-order valence-electron chi connectivity index (χ1n) is 9.18. The summed E-state index contributed by atoms with van der Waals surface area (Å²) in [5.74, 6) is 1.52. The zero-order valence-corrected chi connectivity index (χ0v) is 22.7. The summed E-state index contributed by atoms with van der Waals surface area (Å²) >= 11 is 14.6. The molecule has 158 valence electrons. The lowest BCUT2D eigenvalue weighted by Gasteiger charge is -2.28. The van der Waals surface area contributed by atoms with Crippen molar-refractivity contribution in [2.24, 2.45) is 0 Å². The van der Waals surface area contributed by atoms with Crippen LogP contribution in [0, 0.1) is 0 Å². The van der Waals surface area contributed by atoms with E-state index in [1.807, 2.05) is 6.92 Å². The molecular formula is C21H22Br4O4. The Bertz CT molecular complexity index is 835. The molecule has 1 aliphatic heterocycles. The lowest BCUT2D eigenvalue weighted by molar-refractivity contribution is 0.0215. The van der Waals surface area contributed by atoms with Crippen LogP contribution in [0.2, 0.25) is 0 Å². The van der Waals surface area contributed by atoms with E-state index < -0.39 is 0 Å². The average Bonchev–Trinajstić information content (AvgIpc) is 3.47. The standard InChI is InChI=1S/C21H22Br4O4/c1-4-26-11-29-20-17(24)7-13(8-18(20)25)21(2,3)12-5-15(22)19(16(23)6-12)28-10-14-9-27-14/h5-8,14H,4,9-11H2,1-3H3. The molecular weight excluding hydrogens is 636 g/mol. The first-order valence-corrected chi connectivity index (χ1v) is 12.3. The van der Waals surface area contributed by atoms with Crippen molar-refractivity contribution in [1.29, 1.82) is 0 Å². The third-order valence-corrected chi connectivity index (χ3v) is 7.10. The molecule has 1 atom stereocenters. The van der Waals surface area contributed by atoms with E-state index in [0.29, 0.717) is 13.2 Å². The second-order valence-corrected chi connectivity index (χ2v) is 10.6. The third-order valence-electron chi connectivity index (χ3n) is 4.75. The van der Waals surface area contributed by atoms with Crippen LogP contribution in [0.5, 0.6) is 11.5 Å². The minimum Gasteiger partial charge on any atom is -0.488 e. The van der Waals surface area contributed by atoms with Crippen molar-refractivity contribution in [3.8, 4) is 11.5 Å². The van der Waals surface area contributed by atoms with Crippen LogP contribution in [0.25, 0.3) is 0 Å². The van der Waals surface area contributed by atoms with Gasteiger partial charge >= 0.3 is 0 Å². The smallest absolute Gasteiger partial charge is 0.189 e. The minimum atomic E-state index is -0.257. The van der Waals surface area contributed by atoms with E-state index in [0.717, 1.165) is 47.1 Å². The average molecular weight is 658 g/mol. The summed E-state index contributed by atoms with van der Waals surface area (Å²) < 4.78 is 25.7. The number of epoxide rings is 1. The van der Waals surface area contributed by atoms with Crippen molar-refractivity contribution in [3.63, 3.8) is 0 Å². The van der Waals surface area contributed by atoms with E-state index >= 15 is 0 Å². The molecule has 0 bridgehead atoms. The number of halogens is 4. The Labute approximate surface area is 205 Å². The molecule has 0 amide bonds. The molecule has 2 aromatic carbocycles. The molecule has 1 unspecified atom stereocenters. The Hall–Kier alpha value is -0.120. The predicted molar refractivity (Wildman–Crippen MR) is 128 cm³/mol. The van der Waals surface area contributed by atoms with E-state index in [4.69, 9.17) is 18.9 Å². The maximum Gasteiger partial charge on any atom is 0.189 e. The van der Waals surface area contributed by atoms with Gasteiger partial charge < -0.3 is 18.9 Å². The fraction of sp³-hybridized carbons (Fsp3) is 0.429. The van der Waals surface area contributed by atoms with Crippen molar-refractivity contribution in [3.05, 3.63) is 53.3 Å². The molecule has 1 fully saturated rings. The van der Waals surface area contributed by atoms with Crippen LogP contribution >= 0.6 is 63.7 Å². The zero-order valence-electron chi connectivity index (χ0n) is 16.4. The van der Waals surface area contributed by atoms with E-state index in [1.165, 1.54) is 0 Å². The lowest BCUT2D eigenvalue weighted by Crippen LogP contribution is -2.19. The first-order chi connectivity index (χ1) is 13.7. The fourth-order valence-corrected chi connectivity index (χ4v) is 5.64. The second kappa shape index (κ2) is 10.0. The molecule has 1 heterocycles. The van der Waals surface area contributed by atoms with Crippen molar-refractivity contribution in [1.82, 2.24) is 0 Å². The topological polar surface area (TPSA) is 40.2 Å². The molecule has 0 spiro atoms. The Morgan fingerprint density at radius 2 is 1.34 bits per heavy atom. The molecule has 29 heavy (non-hydrogen) atoms. The van der Waals surface area contributed by atoms with E-state index in [9.17, 15) is 0 Å². The third kappa shape index (κ3) is 5.77. The highest BCUT2D eigenvalue weighted by Crippen LogP contribution is 2.44. The second-order valence-electron chi connectivity index (χ2n) is 7.18. The molecule has 0 radical (unpaired) electrons. The van der Waals surface area contributed by atoms with Gasteiger partial charge in [0.25, 0.3) is 0 Å². The Morgan fingerprint density at radius 1 is 0.897 bits per heavy atom. The van der Waals surface area contributed by atoms with Crippen LogP contribution in [-0.4, -0.2) is 32.7 Å². The fourth-order valence-electron chi connectivity index (χ4n) is 2.81. The molecule has 0 N–H and O–H groups in total. The van der Waals surface area contributed by atoms with Gasteiger partial charge in [-0.3, -0.25) is 0 Å². The van der Waals surface area contributed by atoms with Crippen molar-refractivity contribution in [2.75, 3.05) is 26.6 Å². The summed E-state index contributed by atoms with van der Waals surface area (Å²) in [4.78, 5) is 0. The van der Waals surface area contributed by atoms with Gasteiger partial charge in [0.05, 0.1) is 24.5 Å². The molecule has 0 aromatic heterocycles. The van der Waals surface area contributed by atoms with E-state index in [1.54, 1.807) is 0 Å². The van der Waals surface area contributed by atoms with Gasteiger partial charge in [0, 0.05) is 12.0 Å². The van der Waals surface area contributed by atoms with E-state index in [-0.39, 0.29) is 18.3 Å². The predicted octanol–water partition coefficient (Wildman–Crippen LogP) is 7.21. The maximum absolute atomic E-state index is 5.90. The highest BCUT2D eigenvalue weighted by atomic mass is 79.9. The monoisotopic (exact) mass is 654 g/mol. The minimum absolute atomic E-state index is 0.211. The summed E-state index contributed by atoms with van der Waals surface area (Å²) in [6, 6.07) is 8.38. The van der Waals surface area contributed by atoms with Crippen LogP contribution in [0.4, 0.5) is 0 Å². The van der Waals surface area contributed by atoms with Crippen LogP contribution in [0.3, 0.4) is 0 Å². The number of rotatable bonds is 9. The molecule has 3 rings (SSSR count). The van der Waals surface area contributed by atoms with Crippen LogP contribution in [0.1, 0.15) is 31.9 Å². The van der Waals surface area contributed by atoms with Crippen molar-refractivity contribution < 1.29 is 18.9 Å². The summed E-state index contributed by atoms with van der Waals surface area (Å²) in [7, 11) is 0. The van der Waals surface area contributed by atoms with Crippen molar-refractivity contribution >= 4 is 63.7 Å². The summed E-state index contributed by atoms with van der Waals surface area (Å²) in [6.45, 7) is 8.47. The molecule has 0 saturated carbocycles. The summed E-state index contributed by atoms with van der Waals surface area (Å²) in [6.07, 6.45) is 0.211. The molecule has 1 saturated heterocycles. The first kappa shape index (κ1) is 23.5. The van der Waals surface area contributed by atoms with Gasteiger partial charge in [-0.15, -0.1) is 0 Å². The van der Waals surface area contributed by atoms with Crippen molar-refractivity contribution in [2.45, 2.75) is 32.3 Å². The van der Waals surface area contributed by atoms with Gasteiger partial charge in [0.1, 0.15) is 18.5 Å². The lowest BCUT2D eigenvalue weighted by atomic mass is 9.78. The quantitative estimate of drug-likeness (QED) is 0.162. The molecule has 2 aromatic rings. The Balaban J connectivity index is 1.87. The van der Waals surface area contributed by atoms with Gasteiger partial charge in [-0.2, -0.15) is 0 Å². The largest absolute Gasteiger partial charge is 0.488 e. The normalized spacial score (nSPS) is 16.0. The highest BCUT2D eigenvalue weighted by molar-refractivity contribution is 9.11. The Kier molecular flexibility index (Phi) is 8.12. The molecule has 1 aliphatic rings. The summed E-state index contributed by atoms with van der Waals surface area (Å²) in [5, 5.41) is 0. The number of hydrogen-bond donors (Lipinski definition) is 0. The van der Waals surface area contributed by atoms with Crippen LogP contribution in [0.15, 0.2) is 42.2 Å². The SMILES string of the molecule is CCOCOc1c(Br)cc(C(C)(C)c2cc(Br)c(OCC3CO3)c(Br)c2)cc1Br. The Morgan fingerprint density at radius 3 is 1.76 bits per heavy atom. The van der Waals surface area contributed by atoms with Gasteiger partial charge in [-0.1, -0.05) is 13.8 Å². The maximum atomic E-state index is 5.90. The zero-order chi connectivity index (χ0) is 21.2.